The summed E-state index contributed by atoms with van der Waals surface area (Å²) < 4.78 is 0. The average molecular weight is 317 g/mol. The van der Waals surface area contributed by atoms with Gasteiger partial charge in [-0.1, -0.05) is 0 Å². The summed E-state index contributed by atoms with van der Waals surface area (Å²) in [4.78, 5) is 25.6. The lowest BCUT2D eigenvalue weighted by Crippen LogP contribution is -2.32. The molecule has 5 nitrogen and oxygen atoms in total. The average Bonchev–Trinajstić information content (AvgIpc) is 2.93. The van der Waals surface area contributed by atoms with Crippen molar-refractivity contribution in [2.45, 2.75) is 52.1 Å². The van der Waals surface area contributed by atoms with Crippen LogP contribution in [0.1, 0.15) is 50.4 Å². The van der Waals surface area contributed by atoms with Crippen LogP contribution in [0.3, 0.4) is 0 Å². The van der Waals surface area contributed by atoms with Crippen LogP contribution < -0.4 is 15.5 Å². The minimum atomic E-state index is -0.0616. The van der Waals surface area contributed by atoms with E-state index in [1.165, 1.54) is 0 Å². The maximum absolute atomic E-state index is 12.2. The normalized spacial score (nSPS) is 17.2. The Bertz CT molecular complexity index is 540. The number of anilines is 1. The predicted molar refractivity (Wildman–Crippen MR) is 92.7 cm³/mol. The van der Waals surface area contributed by atoms with E-state index >= 15 is 0 Å². The highest BCUT2D eigenvalue weighted by Crippen LogP contribution is 2.17. The van der Waals surface area contributed by atoms with Gasteiger partial charge in [0, 0.05) is 42.8 Å². The van der Waals surface area contributed by atoms with Gasteiger partial charge in [-0.05, 0) is 57.9 Å². The number of nitrogens with one attached hydrogen (secondary N) is 2. The molecule has 1 heterocycles. The summed E-state index contributed by atoms with van der Waals surface area (Å²) in [5.41, 5.74) is 1.80. The minimum absolute atomic E-state index is 0.0616. The number of nitrogens with zero attached hydrogens (tertiary/aromatic N) is 1. The van der Waals surface area contributed by atoms with E-state index in [9.17, 15) is 9.59 Å². The molecule has 2 rings (SSSR count). The molecule has 1 aliphatic heterocycles. The van der Waals surface area contributed by atoms with Crippen LogP contribution in [-0.4, -0.2) is 37.0 Å². The van der Waals surface area contributed by atoms with E-state index in [1.807, 2.05) is 24.3 Å². The van der Waals surface area contributed by atoms with Crippen LogP contribution in [0.15, 0.2) is 24.3 Å². The molecule has 0 radical (unpaired) electrons. The summed E-state index contributed by atoms with van der Waals surface area (Å²) in [6.07, 6.45) is 2.25. The fourth-order valence-corrected chi connectivity index (χ4v) is 3.01. The first-order valence-electron chi connectivity index (χ1n) is 8.45. The van der Waals surface area contributed by atoms with Crippen molar-refractivity contribution in [3.63, 3.8) is 0 Å². The van der Waals surface area contributed by atoms with Crippen LogP contribution in [-0.2, 0) is 4.79 Å². The molecule has 1 aliphatic rings. The van der Waals surface area contributed by atoms with Gasteiger partial charge in [-0.25, -0.2) is 0 Å². The minimum Gasteiger partial charge on any atom is -0.369 e. The van der Waals surface area contributed by atoms with Crippen molar-refractivity contribution in [2.75, 3.05) is 18.0 Å². The Morgan fingerprint density at radius 1 is 1.35 bits per heavy atom. The number of rotatable bonds is 7. The van der Waals surface area contributed by atoms with Crippen LogP contribution in [0, 0.1) is 0 Å². The maximum atomic E-state index is 12.2. The maximum Gasteiger partial charge on any atom is 0.251 e. The molecule has 0 aromatic heterocycles. The van der Waals surface area contributed by atoms with Gasteiger partial charge in [0.1, 0.15) is 0 Å². The fraction of sp³-hybridized carbons (Fsp3) is 0.556. The second-order valence-corrected chi connectivity index (χ2v) is 6.27. The van der Waals surface area contributed by atoms with Crippen LogP contribution in [0.2, 0.25) is 0 Å². The molecule has 1 aromatic rings. The number of benzene rings is 1. The van der Waals surface area contributed by atoms with E-state index in [-0.39, 0.29) is 17.9 Å². The first-order valence-corrected chi connectivity index (χ1v) is 8.45. The molecule has 1 atom stereocenters. The van der Waals surface area contributed by atoms with E-state index in [1.54, 1.807) is 0 Å². The summed E-state index contributed by atoms with van der Waals surface area (Å²) in [5.74, 6) is 0.0519. The molecule has 0 aliphatic carbocycles. The zero-order valence-electron chi connectivity index (χ0n) is 14.3. The SMILES string of the molecule is CCN(c1ccc(C(=O)NCCC2CCC(=O)N2)cc1)C(C)C. The Balaban J connectivity index is 1.84. The van der Waals surface area contributed by atoms with Crippen molar-refractivity contribution in [3.05, 3.63) is 29.8 Å². The quantitative estimate of drug-likeness (QED) is 0.811. The van der Waals surface area contributed by atoms with Crippen LogP contribution in [0.25, 0.3) is 0 Å². The second kappa shape index (κ2) is 7.99. The molecular formula is C18H27N3O2. The highest BCUT2D eigenvalue weighted by molar-refractivity contribution is 5.94. The molecule has 1 aromatic carbocycles. The van der Waals surface area contributed by atoms with Crippen LogP contribution >= 0.6 is 0 Å². The van der Waals surface area contributed by atoms with E-state index in [4.69, 9.17) is 0 Å². The lowest BCUT2D eigenvalue weighted by Gasteiger charge is -2.27. The lowest BCUT2D eigenvalue weighted by atomic mass is 10.1. The second-order valence-electron chi connectivity index (χ2n) is 6.27. The van der Waals surface area contributed by atoms with E-state index in [2.05, 4.69) is 36.3 Å². The Kier molecular flexibility index (Phi) is 6.02. The Labute approximate surface area is 138 Å². The first-order chi connectivity index (χ1) is 11.0. The monoisotopic (exact) mass is 317 g/mol. The van der Waals surface area contributed by atoms with Crippen molar-refractivity contribution < 1.29 is 9.59 Å². The van der Waals surface area contributed by atoms with Crippen molar-refractivity contribution in [2.24, 2.45) is 0 Å². The number of hydrogen-bond donors (Lipinski definition) is 2. The van der Waals surface area contributed by atoms with E-state index < -0.39 is 0 Å². The van der Waals surface area contributed by atoms with E-state index in [0.717, 1.165) is 25.1 Å². The molecule has 2 amide bonds. The highest BCUT2D eigenvalue weighted by atomic mass is 16.2. The summed E-state index contributed by atoms with van der Waals surface area (Å²) in [6.45, 7) is 7.97. The van der Waals surface area contributed by atoms with Gasteiger partial charge in [0.25, 0.3) is 5.91 Å². The highest BCUT2D eigenvalue weighted by Gasteiger charge is 2.20. The first kappa shape index (κ1) is 17.3. The number of carbonyl (C=O) groups is 2. The van der Waals surface area contributed by atoms with Gasteiger partial charge in [-0.2, -0.15) is 0 Å². The van der Waals surface area contributed by atoms with Crippen molar-refractivity contribution in [1.82, 2.24) is 10.6 Å². The van der Waals surface area contributed by atoms with Crippen molar-refractivity contribution in [3.8, 4) is 0 Å². The summed E-state index contributed by atoms with van der Waals surface area (Å²) in [6, 6.07) is 8.36. The molecular weight excluding hydrogens is 290 g/mol. The van der Waals surface area contributed by atoms with Gasteiger partial charge < -0.3 is 15.5 Å². The molecule has 0 bridgehead atoms. The Morgan fingerprint density at radius 2 is 2.04 bits per heavy atom. The topological polar surface area (TPSA) is 61.4 Å². The standard InChI is InChI=1S/C18H27N3O2/c1-4-21(13(2)3)16-8-5-14(6-9-16)18(23)19-12-11-15-7-10-17(22)20-15/h5-6,8-9,13,15H,4,7,10-12H2,1-3H3,(H,19,23)(H,20,22). The van der Waals surface area contributed by atoms with Gasteiger partial charge in [0.15, 0.2) is 0 Å². The molecule has 1 unspecified atom stereocenters. The van der Waals surface area contributed by atoms with Gasteiger partial charge in [-0.15, -0.1) is 0 Å². The number of amides is 2. The molecule has 2 N–H and O–H groups in total. The predicted octanol–water partition coefficient (Wildman–Crippen LogP) is 2.32. The van der Waals surface area contributed by atoms with Gasteiger partial charge in [0.05, 0.1) is 0 Å². The Morgan fingerprint density at radius 3 is 2.57 bits per heavy atom. The largest absolute Gasteiger partial charge is 0.369 e. The summed E-state index contributed by atoms with van der Waals surface area (Å²) in [7, 11) is 0. The third kappa shape index (κ3) is 4.71. The number of hydrogen-bond acceptors (Lipinski definition) is 3. The smallest absolute Gasteiger partial charge is 0.251 e. The third-order valence-electron chi connectivity index (χ3n) is 4.29. The van der Waals surface area contributed by atoms with Crippen molar-refractivity contribution in [1.29, 1.82) is 0 Å². The zero-order valence-corrected chi connectivity index (χ0v) is 14.3. The third-order valence-corrected chi connectivity index (χ3v) is 4.29. The molecule has 5 heteroatoms. The summed E-state index contributed by atoms with van der Waals surface area (Å²) in [5, 5.41) is 5.83. The zero-order chi connectivity index (χ0) is 16.8. The fourth-order valence-electron chi connectivity index (χ4n) is 3.01. The van der Waals surface area contributed by atoms with Crippen LogP contribution in [0.5, 0.6) is 0 Å². The van der Waals surface area contributed by atoms with E-state index in [0.29, 0.717) is 24.6 Å². The lowest BCUT2D eigenvalue weighted by molar-refractivity contribution is -0.119. The van der Waals surface area contributed by atoms with Gasteiger partial charge >= 0.3 is 0 Å². The number of carbonyl (C=O) groups excluding carboxylic acids is 2. The Hall–Kier alpha value is -2.04. The molecule has 1 fully saturated rings. The molecule has 0 spiro atoms. The van der Waals surface area contributed by atoms with Gasteiger partial charge in [-0.3, -0.25) is 9.59 Å². The molecule has 23 heavy (non-hydrogen) atoms. The molecule has 126 valence electrons. The van der Waals surface area contributed by atoms with Crippen LogP contribution in [0.4, 0.5) is 5.69 Å². The molecule has 1 saturated heterocycles. The van der Waals surface area contributed by atoms with Crippen molar-refractivity contribution >= 4 is 17.5 Å². The molecule has 0 saturated carbocycles. The summed E-state index contributed by atoms with van der Waals surface area (Å²) >= 11 is 0. The van der Waals surface area contributed by atoms with Gasteiger partial charge in [0.2, 0.25) is 5.91 Å².